The quantitative estimate of drug-likeness (QED) is 0.712. The number of hydrogen-bond donors (Lipinski definition) is 0. The normalized spacial score (nSPS) is 19.3. The summed E-state index contributed by atoms with van der Waals surface area (Å²) in [6.07, 6.45) is 7.34. The summed E-state index contributed by atoms with van der Waals surface area (Å²) in [7, 11) is 0. The van der Waals surface area contributed by atoms with E-state index in [0.717, 1.165) is 51.5 Å². The van der Waals surface area contributed by atoms with Gasteiger partial charge in [-0.3, -0.25) is 9.69 Å². The molecule has 0 radical (unpaired) electrons. The minimum atomic E-state index is 0.126. The Labute approximate surface area is 178 Å². The van der Waals surface area contributed by atoms with Gasteiger partial charge in [0.15, 0.2) is 0 Å². The third-order valence-corrected chi connectivity index (χ3v) is 6.69. The van der Waals surface area contributed by atoms with Gasteiger partial charge in [0, 0.05) is 62.7 Å². The fourth-order valence-corrected chi connectivity index (χ4v) is 4.86. The van der Waals surface area contributed by atoms with Gasteiger partial charge in [-0.2, -0.15) is 0 Å². The van der Waals surface area contributed by atoms with E-state index >= 15 is 0 Å². The van der Waals surface area contributed by atoms with Gasteiger partial charge in [-0.1, -0.05) is 12.1 Å². The molecule has 2 aliphatic heterocycles. The van der Waals surface area contributed by atoms with Crippen LogP contribution in [-0.2, 0) is 17.8 Å². The van der Waals surface area contributed by atoms with Crippen LogP contribution in [0.5, 0.6) is 5.75 Å². The lowest BCUT2D eigenvalue weighted by molar-refractivity contribution is -0.127. The van der Waals surface area contributed by atoms with E-state index in [2.05, 4.69) is 47.6 Å². The monoisotopic (exact) mass is 405 g/mol. The molecule has 5 rings (SSSR count). The summed E-state index contributed by atoms with van der Waals surface area (Å²) < 4.78 is 8.03. The Morgan fingerprint density at radius 1 is 1.13 bits per heavy atom. The van der Waals surface area contributed by atoms with Gasteiger partial charge in [-0.05, 0) is 61.6 Å². The third kappa shape index (κ3) is 3.91. The van der Waals surface area contributed by atoms with Crippen molar-refractivity contribution in [2.45, 2.75) is 45.7 Å². The fourth-order valence-electron chi connectivity index (χ4n) is 4.86. The maximum Gasteiger partial charge on any atom is 0.246 e. The summed E-state index contributed by atoms with van der Waals surface area (Å²) in [4.78, 5) is 17.1. The number of rotatable bonds is 5. The Morgan fingerprint density at radius 3 is 2.70 bits per heavy atom. The summed E-state index contributed by atoms with van der Waals surface area (Å²) in [5.41, 5.74) is 6.42. The molecule has 1 aromatic heterocycles. The number of amides is 1. The molecule has 1 saturated heterocycles. The van der Waals surface area contributed by atoms with Crippen LogP contribution in [0.4, 0.5) is 0 Å². The minimum Gasteiger partial charge on any atom is -0.493 e. The van der Waals surface area contributed by atoms with Crippen molar-refractivity contribution in [2.24, 2.45) is 0 Å². The van der Waals surface area contributed by atoms with Gasteiger partial charge >= 0.3 is 0 Å². The Kier molecular flexibility index (Phi) is 5.15. The van der Waals surface area contributed by atoms with Gasteiger partial charge in [0.2, 0.25) is 5.91 Å². The molecule has 158 valence electrons. The van der Waals surface area contributed by atoms with E-state index in [1.165, 1.54) is 40.9 Å². The van der Waals surface area contributed by atoms with Crippen LogP contribution < -0.4 is 4.74 Å². The van der Waals surface area contributed by atoms with E-state index in [1.807, 2.05) is 11.0 Å². The number of carbonyl (C=O) groups is 1. The lowest BCUT2D eigenvalue weighted by Crippen LogP contribution is -2.47. The lowest BCUT2D eigenvalue weighted by atomic mass is 10.1. The number of fused-ring (bicyclic) bond motifs is 1. The van der Waals surface area contributed by atoms with Gasteiger partial charge in [0.25, 0.3) is 0 Å². The molecule has 2 aromatic rings. The second-order valence-corrected chi connectivity index (χ2v) is 8.90. The first kappa shape index (κ1) is 19.4. The first-order valence-corrected chi connectivity index (χ1v) is 11.2. The molecule has 5 heteroatoms. The number of benzene rings is 1. The van der Waals surface area contributed by atoms with Crippen molar-refractivity contribution in [1.82, 2.24) is 14.4 Å². The van der Waals surface area contributed by atoms with Crippen LogP contribution in [0.3, 0.4) is 0 Å². The molecule has 1 aliphatic carbocycles. The topological polar surface area (TPSA) is 37.7 Å². The third-order valence-electron chi connectivity index (χ3n) is 6.69. The molecule has 1 amide bonds. The van der Waals surface area contributed by atoms with Crippen LogP contribution in [0.1, 0.15) is 47.0 Å². The van der Waals surface area contributed by atoms with Crippen molar-refractivity contribution >= 4 is 12.0 Å². The van der Waals surface area contributed by atoms with Crippen molar-refractivity contribution in [3.63, 3.8) is 0 Å². The molecule has 0 unspecified atom stereocenters. The Morgan fingerprint density at radius 2 is 1.93 bits per heavy atom. The Balaban J connectivity index is 1.15. The first-order valence-electron chi connectivity index (χ1n) is 11.2. The standard InChI is InChI=1S/C25H31N3O2/c1-18-15-21(19(2)28(18)23-5-6-23)4-8-25(29)27-12-10-26(11-13-27)17-20-3-7-24-22(16-20)9-14-30-24/h3-4,7-8,15-16,23H,5-6,9-14,17H2,1-2H3. The average Bonchev–Trinajstić information content (AvgIpc) is 3.39. The molecule has 5 nitrogen and oxygen atoms in total. The number of nitrogens with zero attached hydrogens (tertiary/aromatic N) is 3. The summed E-state index contributed by atoms with van der Waals surface area (Å²) in [6.45, 7) is 9.50. The maximum atomic E-state index is 12.7. The van der Waals surface area contributed by atoms with Gasteiger partial charge in [0.05, 0.1) is 6.61 Å². The van der Waals surface area contributed by atoms with Crippen LogP contribution >= 0.6 is 0 Å². The highest BCUT2D eigenvalue weighted by molar-refractivity contribution is 5.92. The van der Waals surface area contributed by atoms with Crippen LogP contribution in [0, 0.1) is 13.8 Å². The molecule has 0 bridgehead atoms. The summed E-state index contributed by atoms with van der Waals surface area (Å²) >= 11 is 0. The molecular weight excluding hydrogens is 374 g/mol. The van der Waals surface area contributed by atoms with E-state index in [4.69, 9.17) is 4.74 Å². The molecule has 0 N–H and O–H groups in total. The first-order chi connectivity index (χ1) is 14.6. The zero-order valence-corrected chi connectivity index (χ0v) is 18.1. The van der Waals surface area contributed by atoms with Gasteiger partial charge in [-0.25, -0.2) is 0 Å². The molecule has 3 aliphatic rings. The average molecular weight is 406 g/mol. The smallest absolute Gasteiger partial charge is 0.246 e. The predicted molar refractivity (Wildman–Crippen MR) is 119 cm³/mol. The highest BCUT2D eigenvalue weighted by Gasteiger charge is 2.26. The van der Waals surface area contributed by atoms with Crippen LogP contribution in [-0.4, -0.2) is 53.1 Å². The number of piperazine rings is 1. The fraction of sp³-hybridized carbons (Fsp3) is 0.480. The molecule has 0 spiro atoms. The summed E-state index contributed by atoms with van der Waals surface area (Å²) in [6, 6.07) is 9.43. The largest absolute Gasteiger partial charge is 0.493 e. The van der Waals surface area contributed by atoms with Gasteiger partial charge in [-0.15, -0.1) is 0 Å². The van der Waals surface area contributed by atoms with E-state index in [0.29, 0.717) is 6.04 Å². The number of ether oxygens (including phenoxy) is 1. The lowest BCUT2D eigenvalue weighted by Gasteiger charge is -2.34. The molecule has 2 fully saturated rings. The van der Waals surface area contributed by atoms with Crippen molar-refractivity contribution in [1.29, 1.82) is 0 Å². The highest BCUT2D eigenvalue weighted by atomic mass is 16.5. The summed E-state index contributed by atoms with van der Waals surface area (Å²) in [5.74, 6) is 1.17. The molecular formula is C25H31N3O2. The van der Waals surface area contributed by atoms with Crippen LogP contribution in [0.15, 0.2) is 30.3 Å². The van der Waals surface area contributed by atoms with Gasteiger partial charge in [0.1, 0.15) is 5.75 Å². The van der Waals surface area contributed by atoms with Crippen molar-refractivity contribution < 1.29 is 9.53 Å². The van der Waals surface area contributed by atoms with Crippen molar-refractivity contribution in [3.8, 4) is 5.75 Å². The van der Waals surface area contributed by atoms with Crippen LogP contribution in [0.25, 0.3) is 6.08 Å². The molecule has 0 atom stereocenters. The molecule has 1 aromatic carbocycles. The van der Waals surface area contributed by atoms with E-state index in [1.54, 1.807) is 6.08 Å². The SMILES string of the molecule is Cc1cc(C=CC(=O)N2CCN(Cc3ccc4c(c3)CCO4)CC2)c(C)n1C1CC1. The number of aryl methyl sites for hydroxylation is 1. The van der Waals surface area contributed by atoms with E-state index in [-0.39, 0.29) is 5.91 Å². The van der Waals surface area contributed by atoms with Gasteiger partial charge < -0.3 is 14.2 Å². The Bertz CT molecular complexity index is 979. The van der Waals surface area contributed by atoms with Crippen LogP contribution in [0.2, 0.25) is 0 Å². The zero-order chi connectivity index (χ0) is 20.7. The number of carbonyl (C=O) groups excluding carboxylic acids is 1. The van der Waals surface area contributed by atoms with Crippen molar-refractivity contribution in [3.05, 3.63) is 58.4 Å². The second kappa shape index (κ2) is 7.95. The highest BCUT2D eigenvalue weighted by Crippen LogP contribution is 2.38. The number of aromatic nitrogens is 1. The minimum absolute atomic E-state index is 0.126. The number of hydrogen-bond acceptors (Lipinski definition) is 3. The van der Waals surface area contributed by atoms with E-state index in [9.17, 15) is 4.79 Å². The van der Waals surface area contributed by atoms with E-state index < -0.39 is 0 Å². The Hall–Kier alpha value is -2.53. The molecule has 30 heavy (non-hydrogen) atoms. The van der Waals surface area contributed by atoms with Crippen molar-refractivity contribution in [2.75, 3.05) is 32.8 Å². The second-order valence-electron chi connectivity index (χ2n) is 8.90. The molecule has 1 saturated carbocycles. The molecule has 3 heterocycles. The summed E-state index contributed by atoms with van der Waals surface area (Å²) in [5, 5.41) is 0. The zero-order valence-electron chi connectivity index (χ0n) is 18.1. The predicted octanol–water partition coefficient (Wildman–Crippen LogP) is 3.73. The maximum absolute atomic E-state index is 12.7.